The van der Waals surface area contributed by atoms with Gasteiger partial charge in [0.2, 0.25) is 0 Å². The third kappa shape index (κ3) is 6.40. The van der Waals surface area contributed by atoms with Crippen LogP contribution < -0.4 is 10.6 Å². The molecule has 2 aromatic rings. The Labute approximate surface area is 160 Å². The number of aryl methyl sites for hydroxylation is 1. The molecule has 3 rings (SSSR count). The van der Waals surface area contributed by atoms with Crippen molar-refractivity contribution in [1.82, 2.24) is 10.6 Å². The number of furan rings is 1. The SMILES string of the molecule is Cc1cc(F)ccc1CCNC(=NCC1CCOC1)NCCc1ccco1. The van der Waals surface area contributed by atoms with Gasteiger partial charge in [0.15, 0.2) is 5.96 Å². The van der Waals surface area contributed by atoms with Crippen LogP contribution in [0.3, 0.4) is 0 Å². The summed E-state index contributed by atoms with van der Waals surface area (Å²) in [4.78, 5) is 4.72. The predicted octanol–water partition coefficient (Wildman–Crippen LogP) is 3.08. The molecule has 0 bridgehead atoms. The zero-order valence-corrected chi connectivity index (χ0v) is 15.8. The quantitative estimate of drug-likeness (QED) is 0.551. The minimum Gasteiger partial charge on any atom is -0.469 e. The Morgan fingerprint density at radius 3 is 2.78 bits per heavy atom. The molecule has 1 fully saturated rings. The van der Waals surface area contributed by atoms with Gasteiger partial charge < -0.3 is 19.8 Å². The van der Waals surface area contributed by atoms with Gasteiger partial charge in [-0.05, 0) is 55.2 Å². The molecule has 0 saturated carbocycles. The standard InChI is InChI=1S/C21H28FN3O2/c1-16-13-19(22)5-4-18(16)6-9-23-21(25-14-17-8-12-26-15-17)24-10-7-20-3-2-11-27-20/h2-5,11,13,17H,6-10,12,14-15H2,1H3,(H2,23,24,25). The number of rotatable bonds is 8. The number of nitrogens with one attached hydrogen (secondary N) is 2. The van der Waals surface area contributed by atoms with Gasteiger partial charge in [0, 0.05) is 38.6 Å². The first kappa shape index (κ1) is 19.4. The molecule has 5 nitrogen and oxygen atoms in total. The van der Waals surface area contributed by atoms with Crippen LogP contribution in [0, 0.1) is 18.7 Å². The predicted molar refractivity (Wildman–Crippen MR) is 104 cm³/mol. The van der Waals surface area contributed by atoms with Crippen molar-refractivity contribution in [1.29, 1.82) is 0 Å². The van der Waals surface area contributed by atoms with Crippen LogP contribution in [-0.4, -0.2) is 38.8 Å². The van der Waals surface area contributed by atoms with Gasteiger partial charge >= 0.3 is 0 Å². The van der Waals surface area contributed by atoms with E-state index in [1.807, 2.05) is 25.1 Å². The fourth-order valence-corrected chi connectivity index (χ4v) is 3.14. The van der Waals surface area contributed by atoms with E-state index in [9.17, 15) is 4.39 Å². The first-order valence-electron chi connectivity index (χ1n) is 9.58. The maximum atomic E-state index is 13.2. The smallest absolute Gasteiger partial charge is 0.191 e. The number of aliphatic imine (C=N–C) groups is 1. The summed E-state index contributed by atoms with van der Waals surface area (Å²) in [5.74, 6) is 2.05. The number of halogens is 1. The molecule has 1 atom stereocenters. The third-order valence-electron chi connectivity index (χ3n) is 4.77. The van der Waals surface area contributed by atoms with E-state index < -0.39 is 0 Å². The van der Waals surface area contributed by atoms with Gasteiger partial charge in [0.25, 0.3) is 0 Å². The second-order valence-electron chi connectivity index (χ2n) is 6.92. The van der Waals surface area contributed by atoms with Crippen LogP contribution in [0.2, 0.25) is 0 Å². The highest BCUT2D eigenvalue weighted by Gasteiger charge is 2.15. The summed E-state index contributed by atoms with van der Waals surface area (Å²) >= 11 is 0. The minimum atomic E-state index is -0.190. The van der Waals surface area contributed by atoms with E-state index in [2.05, 4.69) is 10.6 Å². The average molecular weight is 373 g/mol. The van der Waals surface area contributed by atoms with Crippen LogP contribution in [0.25, 0.3) is 0 Å². The van der Waals surface area contributed by atoms with Crippen molar-refractivity contribution in [3.05, 3.63) is 59.3 Å². The van der Waals surface area contributed by atoms with E-state index in [0.717, 1.165) is 75.0 Å². The molecule has 1 aromatic carbocycles. The van der Waals surface area contributed by atoms with Gasteiger partial charge in [-0.1, -0.05) is 6.07 Å². The van der Waals surface area contributed by atoms with Crippen molar-refractivity contribution in [2.45, 2.75) is 26.2 Å². The maximum absolute atomic E-state index is 13.2. The van der Waals surface area contributed by atoms with Crippen LogP contribution in [0.1, 0.15) is 23.3 Å². The maximum Gasteiger partial charge on any atom is 0.191 e. The van der Waals surface area contributed by atoms with E-state index >= 15 is 0 Å². The molecule has 1 unspecified atom stereocenters. The Bertz CT molecular complexity index is 725. The van der Waals surface area contributed by atoms with Gasteiger partial charge in [-0.25, -0.2) is 4.39 Å². The molecule has 1 aliphatic rings. The average Bonchev–Trinajstić information content (AvgIpc) is 3.34. The molecule has 2 N–H and O–H groups in total. The highest BCUT2D eigenvalue weighted by atomic mass is 19.1. The van der Waals surface area contributed by atoms with Crippen LogP contribution in [0.4, 0.5) is 4.39 Å². The van der Waals surface area contributed by atoms with Gasteiger partial charge in [0.1, 0.15) is 11.6 Å². The first-order chi connectivity index (χ1) is 13.2. The van der Waals surface area contributed by atoms with Crippen molar-refractivity contribution < 1.29 is 13.5 Å². The summed E-state index contributed by atoms with van der Waals surface area (Å²) < 4.78 is 24.0. The molecule has 27 heavy (non-hydrogen) atoms. The lowest BCUT2D eigenvalue weighted by atomic mass is 10.1. The van der Waals surface area contributed by atoms with E-state index in [-0.39, 0.29) is 5.82 Å². The van der Waals surface area contributed by atoms with Crippen LogP contribution in [0.15, 0.2) is 46.0 Å². The molecule has 6 heteroatoms. The number of benzene rings is 1. The summed E-state index contributed by atoms with van der Waals surface area (Å²) in [6.45, 7) is 5.80. The Hall–Kier alpha value is -2.34. The number of ether oxygens (including phenoxy) is 1. The fourth-order valence-electron chi connectivity index (χ4n) is 3.14. The second kappa shape index (κ2) is 10.1. The molecular weight excluding hydrogens is 345 g/mol. The molecule has 146 valence electrons. The van der Waals surface area contributed by atoms with Gasteiger partial charge in [-0.2, -0.15) is 0 Å². The van der Waals surface area contributed by atoms with Crippen molar-refractivity contribution in [3.63, 3.8) is 0 Å². The molecule has 0 aliphatic carbocycles. The van der Waals surface area contributed by atoms with Gasteiger partial charge in [0.05, 0.1) is 12.9 Å². The summed E-state index contributed by atoms with van der Waals surface area (Å²) in [5.41, 5.74) is 2.12. The van der Waals surface area contributed by atoms with Crippen LogP contribution >= 0.6 is 0 Å². The summed E-state index contributed by atoms with van der Waals surface area (Å²) in [7, 11) is 0. The number of hydrogen-bond acceptors (Lipinski definition) is 3. The summed E-state index contributed by atoms with van der Waals surface area (Å²) in [5, 5.41) is 6.76. The number of hydrogen-bond donors (Lipinski definition) is 2. The van der Waals surface area contributed by atoms with Crippen molar-refractivity contribution >= 4 is 5.96 Å². The van der Waals surface area contributed by atoms with Crippen molar-refractivity contribution in [3.8, 4) is 0 Å². The molecule has 0 spiro atoms. The number of nitrogens with zero attached hydrogens (tertiary/aromatic N) is 1. The van der Waals surface area contributed by atoms with Gasteiger partial charge in [-0.3, -0.25) is 4.99 Å². The zero-order chi connectivity index (χ0) is 18.9. The third-order valence-corrected chi connectivity index (χ3v) is 4.77. The first-order valence-corrected chi connectivity index (χ1v) is 9.58. The molecule has 1 aliphatic heterocycles. The fraction of sp³-hybridized carbons (Fsp3) is 0.476. The monoisotopic (exact) mass is 373 g/mol. The number of guanidine groups is 1. The van der Waals surface area contributed by atoms with E-state index in [4.69, 9.17) is 14.1 Å². The largest absolute Gasteiger partial charge is 0.469 e. The zero-order valence-electron chi connectivity index (χ0n) is 15.8. The lowest BCUT2D eigenvalue weighted by molar-refractivity contribution is 0.187. The van der Waals surface area contributed by atoms with Crippen LogP contribution in [0.5, 0.6) is 0 Å². The van der Waals surface area contributed by atoms with Crippen LogP contribution in [-0.2, 0) is 17.6 Å². The summed E-state index contributed by atoms with van der Waals surface area (Å²) in [6.07, 6.45) is 4.38. The molecule has 0 radical (unpaired) electrons. The van der Waals surface area contributed by atoms with E-state index in [0.29, 0.717) is 5.92 Å². The highest BCUT2D eigenvalue weighted by Crippen LogP contribution is 2.12. The van der Waals surface area contributed by atoms with E-state index in [1.165, 1.54) is 6.07 Å². The molecular formula is C21H28FN3O2. The normalized spacial score (nSPS) is 17.3. The molecule has 1 aromatic heterocycles. The molecule has 2 heterocycles. The highest BCUT2D eigenvalue weighted by molar-refractivity contribution is 5.79. The van der Waals surface area contributed by atoms with Crippen molar-refractivity contribution in [2.75, 3.05) is 32.8 Å². The van der Waals surface area contributed by atoms with Crippen molar-refractivity contribution in [2.24, 2.45) is 10.9 Å². The Balaban J connectivity index is 1.50. The Kier molecular flexibility index (Phi) is 7.27. The molecule has 1 saturated heterocycles. The minimum absolute atomic E-state index is 0.190. The topological polar surface area (TPSA) is 58.8 Å². The molecule has 0 amide bonds. The van der Waals surface area contributed by atoms with Gasteiger partial charge in [-0.15, -0.1) is 0 Å². The lowest BCUT2D eigenvalue weighted by Gasteiger charge is -2.14. The lowest BCUT2D eigenvalue weighted by Crippen LogP contribution is -2.39. The Morgan fingerprint density at radius 2 is 2.07 bits per heavy atom. The Morgan fingerprint density at radius 1 is 1.22 bits per heavy atom. The van der Waals surface area contributed by atoms with E-state index in [1.54, 1.807) is 12.3 Å². The second-order valence-corrected chi connectivity index (χ2v) is 6.92. The summed E-state index contributed by atoms with van der Waals surface area (Å²) in [6, 6.07) is 8.81.